The van der Waals surface area contributed by atoms with Crippen LogP contribution in [0.2, 0.25) is 0 Å². The largest absolute Gasteiger partial charge is 0.404 e. The summed E-state index contributed by atoms with van der Waals surface area (Å²) in [6.07, 6.45) is -4.07. The van der Waals surface area contributed by atoms with Crippen molar-refractivity contribution in [3.8, 4) is 0 Å². The molecule has 2 aromatic rings. The van der Waals surface area contributed by atoms with Crippen molar-refractivity contribution in [3.05, 3.63) is 71.3 Å². The molecule has 0 bridgehead atoms. The summed E-state index contributed by atoms with van der Waals surface area (Å²) in [7, 11) is 0. The van der Waals surface area contributed by atoms with Crippen LogP contribution in [-0.4, -0.2) is 53.8 Å². The molecule has 2 heterocycles. The van der Waals surface area contributed by atoms with E-state index in [1.54, 1.807) is 17.0 Å². The maximum atomic E-state index is 14.3. The zero-order valence-electron chi connectivity index (χ0n) is 18.8. The van der Waals surface area contributed by atoms with E-state index in [0.29, 0.717) is 24.9 Å². The molecule has 1 amide bonds. The van der Waals surface area contributed by atoms with Crippen molar-refractivity contribution in [1.29, 1.82) is 0 Å². The number of rotatable bonds is 5. The number of carbonyl (C=O) groups excluding carboxylic acids is 2. The third-order valence-corrected chi connectivity index (χ3v) is 7.04. The Kier molecular flexibility index (Phi) is 6.61. The van der Waals surface area contributed by atoms with Gasteiger partial charge in [-0.2, -0.15) is 13.2 Å². The number of nitrogens with zero attached hydrogens (tertiary/aromatic N) is 2. The Morgan fingerprint density at radius 2 is 1.61 bits per heavy atom. The first kappa shape index (κ1) is 23.5. The van der Waals surface area contributed by atoms with Crippen molar-refractivity contribution in [2.45, 2.75) is 38.9 Å². The molecule has 4 nitrogen and oxygen atoms in total. The van der Waals surface area contributed by atoms with Crippen molar-refractivity contribution in [3.63, 3.8) is 0 Å². The van der Waals surface area contributed by atoms with E-state index < -0.39 is 17.5 Å². The Bertz CT molecular complexity index is 983. The van der Waals surface area contributed by atoms with Gasteiger partial charge in [0.1, 0.15) is 0 Å². The molecule has 0 aliphatic carbocycles. The standard InChI is InChI=1S/C26H29F3N2O2/c1-19-7-9-21(10-8-19)23(32)22-11-14-31(15-12-22)24(33)25(26(27,28)29)13-16-30(18-25)17-20-5-3-2-4-6-20/h2-10,22H,11-18H2,1H3. The SMILES string of the molecule is Cc1ccc(C(=O)C2CCN(C(=O)C3(C(F)(F)F)CCN(Cc4ccccc4)C3)CC2)cc1. The molecule has 4 rings (SSSR count). The van der Waals surface area contributed by atoms with Gasteiger partial charge in [0.2, 0.25) is 5.91 Å². The minimum Gasteiger partial charge on any atom is -0.342 e. The van der Waals surface area contributed by atoms with Gasteiger partial charge in [-0.3, -0.25) is 14.5 Å². The van der Waals surface area contributed by atoms with Crippen molar-refractivity contribution in [1.82, 2.24) is 9.80 Å². The van der Waals surface area contributed by atoms with Gasteiger partial charge in [0.15, 0.2) is 11.2 Å². The number of hydrogen-bond acceptors (Lipinski definition) is 3. The van der Waals surface area contributed by atoms with Gasteiger partial charge in [0.05, 0.1) is 0 Å². The first-order chi connectivity index (χ1) is 15.7. The van der Waals surface area contributed by atoms with Gasteiger partial charge in [-0.15, -0.1) is 0 Å². The number of piperidine rings is 1. The number of ketones is 1. The fourth-order valence-corrected chi connectivity index (χ4v) is 4.99. The summed E-state index contributed by atoms with van der Waals surface area (Å²) in [6.45, 7) is 2.59. The highest BCUT2D eigenvalue weighted by Crippen LogP contribution is 2.47. The van der Waals surface area contributed by atoms with Crippen LogP contribution in [0.1, 0.15) is 40.7 Å². The predicted octanol–water partition coefficient (Wildman–Crippen LogP) is 4.87. The lowest BCUT2D eigenvalue weighted by molar-refractivity contribution is -0.224. The van der Waals surface area contributed by atoms with Crippen LogP contribution in [-0.2, 0) is 11.3 Å². The molecule has 2 fully saturated rings. The maximum Gasteiger partial charge on any atom is 0.404 e. The number of halogens is 3. The second kappa shape index (κ2) is 9.29. The molecule has 7 heteroatoms. The molecule has 0 saturated carbocycles. The van der Waals surface area contributed by atoms with Gasteiger partial charge in [-0.05, 0) is 38.3 Å². The number of benzene rings is 2. The van der Waals surface area contributed by atoms with Crippen molar-refractivity contribution in [2.24, 2.45) is 11.3 Å². The molecule has 2 aliphatic rings. The van der Waals surface area contributed by atoms with Crippen LogP contribution in [0.15, 0.2) is 54.6 Å². The van der Waals surface area contributed by atoms with Crippen molar-refractivity contribution in [2.75, 3.05) is 26.2 Å². The molecule has 1 unspecified atom stereocenters. The van der Waals surface area contributed by atoms with Gasteiger partial charge in [-0.25, -0.2) is 0 Å². The molecule has 1 atom stereocenters. The van der Waals surface area contributed by atoms with Crippen LogP contribution >= 0.6 is 0 Å². The topological polar surface area (TPSA) is 40.6 Å². The quantitative estimate of drug-likeness (QED) is 0.601. The van der Waals surface area contributed by atoms with E-state index in [4.69, 9.17) is 0 Å². The summed E-state index contributed by atoms with van der Waals surface area (Å²) in [4.78, 5) is 29.1. The summed E-state index contributed by atoms with van der Waals surface area (Å²) in [5.74, 6) is -1.11. The lowest BCUT2D eigenvalue weighted by Crippen LogP contribution is -2.55. The van der Waals surface area contributed by atoms with Gasteiger partial charge < -0.3 is 4.90 Å². The molecule has 2 aromatic carbocycles. The molecule has 0 aromatic heterocycles. The summed E-state index contributed by atoms with van der Waals surface area (Å²) in [6, 6.07) is 16.7. The van der Waals surface area contributed by atoms with Crippen LogP contribution in [0.5, 0.6) is 0 Å². The second-order valence-corrected chi connectivity index (χ2v) is 9.32. The highest BCUT2D eigenvalue weighted by molar-refractivity contribution is 5.98. The van der Waals surface area contributed by atoms with E-state index in [9.17, 15) is 22.8 Å². The number of Topliss-reactive ketones (excluding diaryl/α,β-unsaturated/α-hetero) is 1. The molecule has 176 valence electrons. The average molecular weight is 459 g/mol. The number of hydrogen-bond donors (Lipinski definition) is 0. The first-order valence-corrected chi connectivity index (χ1v) is 11.4. The summed E-state index contributed by atoms with van der Waals surface area (Å²) >= 11 is 0. The minimum absolute atomic E-state index is 0.00235. The average Bonchev–Trinajstić information content (AvgIpc) is 3.25. The van der Waals surface area contributed by atoms with Crippen LogP contribution in [0.25, 0.3) is 0 Å². The van der Waals surface area contributed by atoms with Gasteiger partial charge in [0, 0.05) is 37.7 Å². The third-order valence-electron chi connectivity index (χ3n) is 7.04. The molecular formula is C26H29F3N2O2. The summed E-state index contributed by atoms with van der Waals surface area (Å²) < 4.78 is 42.8. The summed E-state index contributed by atoms with van der Waals surface area (Å²) in [5, 5.41) is 0. The molecule has 0 radical (unpaired) electrons. The number of carbonyl (C=O) groups is 2. The summed E-state index contributed by atoms with van der Waals surface area (Å²) in [5.41, 5.74) is 0.223. The van der Waals surface area contributed by atoms with Crippen LogP contribution in [0, 0.1) is 18.3 Å². The Labute approximate surface area is 192 Å². The van der Waals surface area contributed by atoms with Gasteiger partial charge in [-0.1, -0.05) is 60.2 Å². The van der Waals surface area contributed by atoms with Crippen LogP contribution < -0.4 is 0 Å². The van der Waals surface area contributed by atoms with Crippen LogP contribution in [0.4, 0.5) is 13.2 Å². The van der Waals surface area contributed by atoms with Crippen LogP contribution in [0.3, 0.4) is 0 Å². The smallest absolute Gasteiger partial charge is 0.342 e. The monoisotopic (exact) mass is 458 g/mol. The number of amides is 1. The lowest BCUT2D eigenvalue weighted by atomic mass is 9.82. The van der Waals surface area contributed by atoms with E-state index in [2.05, 4.69) is 0 Å². The number of aryl methyl sites for hydroxylation is 1. The second-order valence-electron chi connectivity index (χ2n) is 9.32. The molecular weight excluding hydrogens is 429 g/mol. The zero-order chi connectivity index (χ0) is 23.6. The molecule has 33 heavy (non-hydrogen) atoms. The molecule has 2 saturated heterocycles. The number of alkyl halides is 3. The lowest BCUT2D eigenvalue weighted by Gasteiger charge is -2.39. The third kappa shape index (κ3) is 4.83. The first-order valence-electron chi connectivity index (χ1n) is 11.4. The van der Waals surface area contributed by atoms with E-state index in [0.717, 1.165) is 11.1 Å². The number of likely N-dealkylation sites (tertiary alicyclic amines) is 2. The van der Waals surface area contributed by atoms with Gasteiger partial charge in [0.25, 0.3) is 0 Å². The fraction of sp³-hybridized carbons (Fsp3) is 0.462. The van der Waals surface area contributed by atoms with E-state index in [1.807, 2.05) is 49.4 Å². The fourth-order valence-electron chi connectivity index (χ4n) is 4.99. The maximum absolute atomic E-state index is 14.3. The zero-order valence-corrected chi connectivity index (χ0v) is 18.8. The molecule has 0 N–H and O–H groups in total. The predicted molar refractivity (Wildman–Crippen MR) is 120 cm³/mol. The van der Waals surface area contributed by atoms with Crippen molar-refractivity contribution >= 4 is 11.7 Å². The normalized spacial score (nSPS) is 22.5. The Balaban J connectivity index is 1.42. The minimum atomic E-state index is -4.62. The Hall–Kier alpha value is -2.67. The highest BCUT2D eigenvalue weighted by atomic mass is 19.4. The van der Waals surface area contributed by atoms with Gasteiger partial charge >= 0.3 is 6.18 Å². The van der Waals surface area contributed by atoms with Crippen molar-refractivity contribution < 1.29 is 22.8 Å². The molecule has 2 aliphatic heterocycles. The van der Waals surface area contributed by atoms with E-state index >= 15 is 0 Å². The van der Waals surface area contributed by atoms with E-state index in [-0.39, 0.29) is 44.3 Å². The Morgan fingerprint density at radius 3 is 2.21 bits per heavy atom. The highest BCUT2D eigenvalue weighted by Gasteiger charge is 2.64. The molecule has 0 spiro atoms. The Morgan fingerprint density at radius 1 is 0.970 bits per heavy atom. The van der Waals surface area contributed by atoms with E-state index in [1.165, 1.54) is 4.90 Å².